The van der Waals surface area contributed by atoms with Crippen molar-refractivity contribution in [3.63, 3.8) is 0 Å². The van der Waals surface area contributed by atoms with Gasteiger partial charge in [-0.3, -0.25) is 4.98 Å². The molecule has 0 saturated heterocycles. The average Bonchev–Trinajstić information content (AvgIpc) is 3.23. The molecule has 0 fully saturated rings. The second kappa shape index (κ2) is 6.71. The van der Waals surface area contributed by atoms with Crippen molar-refractivity contribution < 1.29 is 5.11 Å². The van der Waals surface area contributed by atoms with Crippen LogP contribution in [0.4, 0.5) is 0 Å². The molecule has 0 bridgehead atoms. The van der Waals surface area contributed by atoms with E-state index >= 15 is 0 Å². The van der Waals surface area contributed by atoms with Gasteiger partial charge in [0, 0.05) is 29.1 Å². The molecule has 2 heterocycles. The fraction of sp³-hybridized carbons (Fsp3) is 0.0476. The molecule has 25 heavy (non-hydrogen) atoms. The lowest BCUT2D eigenvalue weighted by Gasteiger charge is -2.09. The van der Waals surface area contributed by atoms with Crippen molar-refractivity contribution in [2.24, 2.45) is 0 Å². The van der Waals surface area contributed by atoms with Crippen LogP contribution in [0.3, 0.4) is 0 Å². The molecule has 0 saturated carbocycles. The molecular formula is C21H16N3O. The maximum atomic E-state index is 9.55. The van der Waals surface area contributed by atoms with E-state index in [4.69, 9.17) is 0 Å². The van der Waals surface area contributed by atoms with Crippen molar-refractivity contribution in [1.29, 1.82) is 0 Å². The monoisotopic (exact) mass is 326 g/mol. The molecule has 2 aromatic carbocycles. The van der Waals surface area contributed by atoms with Gasteiger partial charge < -0.3 is 10.1 Å². The van der Waals surface area contributed by atoms with Crippen molar-refractivity contribution in [2.75, 3.05) is 0 Å². The maximum absolute atomic E-state index is 9.55. The molecule has 121 valence electrons. The van der Waals surface area contributed by atoms with Crippen molar-refractivity contribution in [3.8, 4) is 33.5 Å². The second-order valence-electron chi connectivity index (χ2n) is 5.73. The normalized spacial score (nSPS) is 10.8. The molecule has 0 aliphatic carbocycles. The number of hydrogen-bond acceptors (Lipinski definition) is 3. The highest BCUT2D eigenvalue weighted by Crippen LogP contribution is 2.28. The molecule has 0 unspecified atom stereocenters. The van der Waals surface area contributed by atoms with Crippen molar-refractivity contribution >= 4 is 0 Å². The number of nitrogens with one attached hydrogen (secondary N) is 1. The fourth-order valence-electron chi connectivity index (χ4n) is 2.87. The third kappa shape index (κ3) is 3.07. The van der Waals surface area contributed by atoms with Crippen LogP contribution >= 0.6 is 0 Å². The smallest absolute Gasteiger partial charge is 0.0971 e. The maximum Gasteiger partial charge on any atom is 0.0971 e. The minimum absolute atomic E-state index is 0.00246. The predicted molar refractivity (Wildman–Crippen MR) is 97.4 cm³/mol. The summed E-state index contributed by atoms with van der Waals surface area (Å²) in [5.74, 6) is 0. The van der Waals surface area contributed by atoms with Gasteiger partial charge in [0.15, 0.2) is 0 Å². The third-order valence-electron chi connectivity index (χ3n) is 4.18. The SMILES string of the molecule is OCc1ccccc1-c1cn[c]c(-c2ccc(-c3c[nH]cn3)cc2)c1. The number of aliphatic hydroxyl groups excluding tert-OH is 1. The van der Waals surface area contributed by atoms with Gasteiger partial charge in [-0.05, 0) is 22.8 Å². The molecule has 1 radical (unpaired) electrons. The highest BCUT2D eigenvalue weighted by molar-refractivity contribution is 5.74. The molecule has 2 aromatic heterocycles. The fourth-order valence-corrected chi connectivity index (χ4v) is 2.87. The quantitative estimate of drug-likeness (QED) is 0.593. The molecule has 0 aliphatic rings. The Labute approximate surface area is 145 Å². The van der Waals surface area contributed by atoms with Crippen LogP contribution in [0.2, 0.25) is 0 Å². The summed E-state index contributed by atoms with van der Waals surface area (Å²) in [6.07, 6.45) is 8.37. The van der Waals surface area contributed by atoms with Gasteiger partial charge in [0.05, 0.1) is 24.8 Å². The molecule has 4 heteroatoms. The minimum Gasteiger partial charge on any atom is -0.392 e. The van der Waals surface area contributed by atoms with Crippen LogP contribution in [-0.4, -0.2) is 20.1 Å². The zero-order valence-electron chi connectivity index (χ0n) is 13.5. The summed E-state index contributed by atoms with van der Waals surface area (Å²) >= 11 is 0. The number of nitrogens with zero attached hydrogens (tertiary/aromatic N) is 2. The van der Waals surface area contributed by atoms with E-state index in [0.717, 1.165) is 39.1 Å². The second-order valence-corrected chi connectivity index (χ2v) is 5.73. The molecule has 0 amide bonds. The summed E-state index contributed by atoms with van der Waals surface area (Å²) in [4.78, 5) is 11.5. The molecule has 4 rings (SSSR count). The lowest BCUT2D eigenvalue weighted by atomic mass is 9.98. The van der Waals surface area contributed by atoms with Gasteiger partial charge in [-0.1, -0.05) is 48.5 Å². The Bertz CT molecular complexity index is 976. The zero-order chi connectivity index (χ0) is 17.1. The van der Waals surface area contributed by atoms with E-state index in [-0.39, 0.29) is 6.61 Å². The van der Waals surface area contributed by atoms with Crippen molar-refractivity contribution in [1.82, 2.24) is 15.0 Å². The third-order valence-corrected chi connectivity index (χ3v) is 4.18. The van der Waals surface area contributed by atoms with E-state index in [2.05, 4.69) is 21.1 Å². The summed E-state index contributed by atoms with van der Waals surface area (Å²) < 4.78 is 0. The molecule has 4 aromatic rings. The van der Waals surface area contributed by atoms with E-state index < -0.39 is 0 Å². The zero-order valence-corrected chi connectivity index (χ0v) is 13.5. The van der Waals surface area contributed by atoms with Gasteiger partial charge in [-0.15, -0.1) is 0 Å². The van der Waals surface area contributed by atoms with Crippen molar-refractivity contribution in [2.45, 2.75) is 6.61 Å². The number of rotatable bonds is 4. The number of aliphatic hydroxyl groups is 1. The molecule has 4 nitrogen and oxygen atoms in total. The first-order valence-corrected chi connectivity index (χ1v) is 8.01. The highest BCUT2D eigenvalue weighted by Gasteiger charge is 2.07. The number of pyridine rings is 1. The summed E-state index contributed by atoms with van der Waals surface area (Å²) in [7, 11) is 0. The number of benzene rings is 2. The molecule has 2 N–H and O–H groups in total. The van der Waals surface area contributed by atoms with E-state index in [1.807, 2.05) is 60.8 Å². The Morgan fingerprint density at radius 2 is 1.76 bits per heavy atom. The number of aromatic amines is 1. The first-order chi connectivity index (χ1) is 12.3. The number of hydrogen-bond donors (Lipinski definition) is 2. The first kappa shape index (κ1) is 15.3. The number of aromatic nitrogens is 3. The van der Waals surface area contributed by atoms with E-state index in [1.165, 1.54) is 0 Å². The lowest BCUT2D eigenvalue weighted by molar-refractivity contribution is 0.282. The molecular weight excluding hydrogens is 310 g/mol. The van der Waals surface area contributed by atoms with Gasteiger partial charge >= 0.3 is 0 Å². The van der Waals surface area contributed by atoms with Crippen LogP contribution in [0.1, 0.15) is 5.56 Å². The molecule has 0 aliphatic heterocycles. The van der Waals surface area contributed by atoms with E-state index in [1.54, 1.807) is 12.5 Å². The highest BCUT2D eigenvalue weighted by atomic mass is 16.3. The van der Waals surface area contributed by atoms with Gasteiger partial charge in [0.2, 0.25) is 0 Å². The van der Waals surface area contributed by atoms with Gasteiger partial charge in [0.25, 0.3) is 0 Å². The Hall–Kier alpha value is -3.24. The number of imidazole rings is 1. The summed E-state index contributed by atoms with van der Waals surface area (Å²) in [5.41, 5.74) is 6.76. The number of H-pyrrole nitrogens is 1. The Morgan fingerprint density at radius 1 is 0.960 bits per heavy atom. The van der Waals surface area contributed by atoms with Crippen LogP contribution in [-0.2, 0) is 6.61 Å². The van der Waals surface area contributed by atoms with Crippen LogP contribution in [0.25, 0.3) is 33.5 Å². The van der Waals surface area contributed by atoms with Gasteiger partial charge in [-0.25, -0.2) is 4.98 Å². The summed E-state index contributed by atoms with van der Waals surface area (Å²) in [6, 6.07) is 18.0. The molecule has 0 spiro atoms. The first-order valence-electron chi connectivity index (χ1n) is 8.01. The van der Waals surface area contributed by atoms with Crippen LogP contribution in [0.15, 0.2) is 73.3 Å². The predicted octanol–water partition coefficient (Wildman–Crippen LogP) is 4.10. The Kier molecular flexibility index (Phi) is 4.11. The van der Waals surface area contributed by atoms with Crippen LogP contribution in [0.5, 0.6) is 0 Å². The summed E-state index contributed by atoms with van der Waals surface area (Å²) in [6.45, 7) is 0.00246. The molecule has 0 atom stereocenters. The minimum atomic E-state index is 0.00246. The van der Waals surface area contributed by atoms with E-state index in [9.17, 15) is 5.11 Å². The summed E-state index contributed by atoms with van der Waals surface area (Å²) in [5, 5.41) is 9.55. The largest absolute Gasteiger partial charge is 0.392 e. The topological polar surface area (TPSA) is 61.8 Å². The standard InChI is InChI=1S/C21H16N3O/c25-13-17-3-1-2-4-20(17)19-9-18(10-22-11-19)15-5-7-16(8-6-15)21-12-23-14-24-21/h1-9,11-12,14,25H,13H2,(H,23,24). The van der Waals surface area contributed by atoms with E-state index in [0.29, 0.717) is 0 Å². The van der Waals surface area contributed by atoms with Crippen LogP contribution < -0.4 is 0 Å². The lowest BCUT2D eigenvalue weighted by Crippen LogP contribution is -1.91. The van der Waals surface area contributed by atoms with Crippen molar-refractivity contribution in [3.05, 3.63) is 85.1 Å². The van der Waals surface area contributed by atoms with Crippen LogP contribution in [0, 0.1) is 6.20 Å². The van der Waals surface area contributed by atoms with Gasteiger partial charge in [-0.2, -0.15) is 0 Å². The Balaban J connectivity index is 1.70. The average molecular weight is 326 g/mol. The Morgan fingerprint density at radius 3 is 2.52 bits per heavy atom. The van der Waals surface area contributed by atoms with Gasteiger partial charge in [0.1, 0.15) is 0 Å².